The first-order valence-corrected chi connectivity index (χ1v) is 6.41. The van der Waals surface area contributed by atoms with E-state index in [1.807, 2.05) is 19.2 Å². The predicted octanol–water partition coefficient (Wildman–Crippen LogP) is 2.89. The van der Waals surface area contributed by atoms with Crippen LogP contribution in [0.4, 0.5) is 0 Å². The van der Waals surface area contributed by atoms with Crippen LogP contribution in [0.15, 0.2) is 11.4 Å². The molecule has 1 rings (SSSR count). The number of ether oxygens (including phenoxy) is 1. The van der Waals surface area contributed by atoms with Crippen LogP contribution in [0, 0.1) is 0 Å². The highest BCUT2D eigenvalue weighted by molar-refractivity contribution is 7.12. The molecular formula is C11H16ClNO2S. The Morgan fingerprint density at radius 3 is 2.88 bits per heavy atom. The van der Waals surface area contributed by atoms with Crippen molar-refractivity contribution in [1.29, 1.82) is 0 Å². The third-order valence-corrected chi connectivity index (χ3v) is 3.31. The van der Waals surface area contributed by atoms with Gasteiger partial charge in [-0.2, -0.15) is 0 Å². The molecule has 16 heavy (non-hydrogen) atoms. The van der Waals surface area contributed by atoms with Crippen molar-refractivity contribution in [3.63, 3.8) is 0 Å². The van der Waals surface area contributed by atoms with Crippen LogP contribution < -0.4 is 10.1 Å². The minimum atomic E-state index is -0.298. The Hall–Kier alpha value is -0.740. The predicted molar refractivity (Wildman–Crippen MR) is 67.8 cm³/mol. The molecular weight excluding hydrogens is 246 g/mol. The Morgan fingerprint density at radius 2 is 2.31 bits per heavy atom. The van der Waals surface area contributed by atoms with Crippen LogP contribution in [0.25, 0.3) is 0 Å². The monoisotopic (exact) mass is 261 g/mol. The van der Waals surface area contributed by atoms with Gasteiger partial charge in [0.2, 0.25) is 0 Å². The van der Waals surface area contributed by atoms with Crippen LogP contribution in [0.2, 0.25) is 0 Å². The summed E-state index contributed by atoms with van der Waals surface area (Å²) in [6.45, 7) is 3.90. The number of thiophene rings is 1. The van der Waals surface area contributed by atoms with E-state index in [1.54, 1.807) is 13.2 Å². The zero-order valence-electron chi connectivity index (χ0n) is 9.67. The van der Waals surface area contributed by atoms with Gasteiger partial charge in [-0.05, 0) is 31.7 Å². The van der Waals surface area contributed by atoms with Crippen LogP contribution in [0.3, 0.4) is 0 Å². The SMILES string of the molecule is COc1ccsc1C(=O)NC(C)(C)CCCl. The third-order valence-electron chi connectivity index (χ3n) is 2.23. The lowest BCUT2D eigenvalue weighted by Gasteiger charge is -2.25. The van der Waals surface area contributed by atoms with E-state index in [2.05, 4.69) is 5.32 Å². The fraction of sp³-hybridized carbons (Fsp3) is 0.545. The highest BCUT2D eigenvalue weighted by Crippen LogP contribution is 2.25. The Balaban J connectivity index is 2.72. The fourth-order valence-electron chi connectivity index (χ4n) is 1.29. The molecule has 0 aromatic carbocycles. The quantitative estimate of drug-likeness (QED) is 0.828. The molecule has 1 N–H and O–H groups in total. The number of methoxy groups -OCH3 is 1. The molecule has 0 saturated carbocycles. The van der Waals surface area contributed by atoms with Gasteiger partial charge in [0.1, 0.15) is 10.6 Å². The second-order valence-corrected chi connectivity index (χ2v) is 5.39. The smallest absolute Gasteiger partial charge is 0.265 e. The standard InChI is InChI=1S/C11H16ClNO2S/c1-11(2,5-6-12)13-10(14)9-8(15-3)4-7-16-9/h4,7H,5-6H2,1-3H3,(H,13,14). The van der Waals surface area contributed by atoms with Gasteiger partial charge in [0.15, 0.2) is 0 Å². The van der Waals surface area contributed by atoms with Gasteiger partial charge >= 0.3 is 0 Å². The van der Waals surface area contributed by atoms with E-state index in [9.17, 15) is 4.79 Å². The van der Waals surface area contributed by atoms with Crippen LogP contribution in [0.5, 0.6) is 5.75 Å². The summed E-state index contributed by atoms with van der Waals surface area (Å²) < 4.78 is 5.10. The Labute approximate surface area is 105 Å². The van der Waals surface area contributed by atoms with Gasteiger partial charge < -0.3 is 10.1 Å². The first-order valence-electron chi connectivity index (χ1n) is 5.00. The van der Waals surface area contributed by atoms with E-state index in [0.717, 1.165) is 6.42 Å². The topological polar surface area (TPSA) is 38.3 Å². The molecule has 0 bridgehead atoms. The van der Waals surface area contributed by atoms with Gasteiger partial charge in [-0.15, -0.1) is 22.9 Å². The second kappa shape index (κ2) is 5.55. The zero-order valence-corrected chi connectivity index (χ0v) is 11.2. The summed E-state index contributed by atoms with van der Waals surface area (Å²) in [5, 5.41) is 4.78. The number of amides is 1. The van der Waals surface area contributed by atoms with Crippen LogP contribution >= 0.6 is 22.9 Å². The number of rotatable bonds is 5. The van der Waals surface area contributed by atoms with Crippen molar-refractivity contribution in [2.75, 3.05) is 13.0 Å². The molecule has 1 aromatic heterocycles. The number of halogens is 1. The van der Waals surface area contributed by atoms with Crippen molar-refractivity contribution in [3.05, 3.63) is 16.3 Å². The largest absolute Gasteiger partial charge is 0.495 e. The molecule has 1 heterocycles. The highest BCUT2D eigenvalue weighted by Gasteiger charge is 2.23. The molecule has 3 nitrogen and oxygen atoms in total. The Bertz CT molecular complexity index is 363. The van der Waals surface area contributed by atoms with Gasteiger partial charge in [0.05, 0.1) is 7.11 Å². The number of hydrogen-bond acceptors (Lipinski definition) is 3. The fourth-order valence-corrected chi connectivity index (χ4v) is 2.51. The average Bonchev–Trinajstić information content (AvgIpc) is 2.64. The summed E-state index contributed by atoms with van der Waals surface area (Å²) in [6, 6.07) is 1.79. The van der Waals surface area contributed by atoms with Crippen molar-refractivity contribution >= 4 is 28.8 Å². The summed E-state index contributed by atoms with van der Waals surface area (Å²) in [4.78, 5) is 12.6. The number of alkyl halides is 1. The second-order valence-electron chi connectivity index (χ2n) is 4.10. The molecule has 0 fully saturated rings. The Kier molecular flexibility index (Phi) is 4.62. The minimum absolute atomic E-state index is 0.109. The molecule has 0 saturated heterocycles. The van der Waals surface area contributed by atoms with E-state index >= 15 is 0 Å². The number of carbonyl (C=O) groups excluding carboxylic acids is 1. The first-order chi connectivity index (χ1) is 7.50. The zero-order chi connectivity index (χ0) is 12.2. The summed E-state index contributed by atoms with van der Waals surface area (Å²) >= 11 is 7.05. The van der Waals surface area contributed by atoms with Gasteiger partial charge in [0.25, 0.3) is 5.91 Å². The van der Waals surface area contributed by atoms with Crippen LogP contribution in [0.1, 0.15) is 29.9 Å². The number of carbonyl (C=O) groups is 1. The maximum absolute atomic E-state index is 12.0. The van der Waals surface area contributed by atoms with E-state index in [0.29, 0.717) is 16.5 Å². The summed E-state index contributed by atoms with van der Waals surface area (Å²) in [5.74, 6) is 1.03. The number of hydrogen-bond donors (Lipinski definition) is 1. The lowest BCUT2D eigenvalue weighted by Crippen LogP contribution is -2.43. The normalized spacial score (nSPS) is 11.2. The lowest BCUT2D eigenvalue weighted by molar-refractivity contribution is 0.0913. The van der Waals surface area contributed by atoms with Crippen molar-refractivity contribution < 1.29 is 9.53 Å². The third kappa shape index (κ3) is 3.39. The van der Waals surface area contributed by atoms with Crippen LogP contribution in [-0.4, -0.2) is 24.4 Å². The Morgan fingerprint density at radius 1 is 1.62 bits per heavy atom. The molecule has 0 radical (unpaired) electrons. The van der Waals surface area contributed by atoms with Crippen molar-refractivity contribution in [2.45, 2.75) is 25.8 Å². The maximum atomic E-state index is 12.0. The molecule has 0 unspecified atom stereocenters. The summed E-state index contributed by atoms with van der Waals surface area (Å²) in [6.07, 6.45) is 0.730. The van der Waals surface area contributed by atoms with Gasteiger partial charge in [-0.25, -0.2) is 0 Å². The van der Waals surface area contributed by atoms with Crippen molar-refractivity contribution in [3.8, 4) is 5.75 Å². The molecule has 0 spiro atoms. The molecule has 1 aromatic rings. The molecule has 0 aliphatic carbocycles. The first kappa shape index (κ1) is 13.3. The maximum Gasteiger partial charge on any atom is 0.265 e. The molecule has 0 aliphatic heterocycles. The van der Waals surface area contributed by atoms with E-state index in [-0.39, 0.29) is 11.4 Å². The van der Waals surface area contributed by atoms with Crippen LogP contribution in [-0.2, 0) is 0 Å². The molecule has 0 atom stereocenters. The molecule has 90 valence electrons. The van der Waals surface area contributed by atoms with Crippen molar-refractivity contribution in [1.82, 2.24) is 5.32 Å². The van der Waals surface area contributed by atoms with Gasteiger partial charge in [0, 0.05) is 11.4 Å². The van der Waals surface area contributed by atoms with E-state index < -0.39 is 0 Å². The lowest BCUT2D eigenvalue weighted by atomic mass is 10.0. The van der Waals surface area contributed by atoms with Crippen molar-refractivity contribution in [2.24, 2.45) is 0 Å². The number of nitrogens with one attached hydrogen (secondary N) is 1. The van der Waals surface area contributed by atoms with E-state index in [4.69, 9.17) is 16.3 Å². The summed E-state index contributed by atoms with van der Waals surface area (Å²) in [7, 11) is 1.56. The molecule has 1 amide bonds. The molecule has 5 heteroatoms. The highest BCUT2D eigenvalue weighted by atomic mass is 35.5. The van der Waals surface area contributed by atoms with Gasteiger partial charge in [-0.1, -0.05) is 0 Å². The minimum Gasteiger partial charge on any atom is -0.495 e. The average molecular weight is 262 g/mol. The molecule has 0 aliphatic rings. The summed E-state index contributed by atoms with van der Waals surface area (Å²) in [5.41, 5.74) is -0.298. The van der Waals surface area contributed by atoms with E-state index in [1.165, 1.54) is 11.3 Å². The van der Waals surface area contributed by atoms with Gasteiger partial charge in [-0.3, -0.25) is 4.79 Å².